The van der Waals surface area contributed by atoms with Gasteiger partial charge in [-0.25, -0.2) is 9.37 Å². The second kappa shape index (κ2) is 10.7. The van der Waals surface area contributed by atoms with E-state index in [4.69, 9.17) is 10.2 Å². The van der Waals surface area contributed by atoms with E-state index in [-0.39, 0.29) is 59.6 Å². The summed E-state index contributed by atoms with van der Waals surface area (Å²) in [4.78, 5) is 34.4. The van der Waals surface area contributed by atoms with Crippen LogP contribution in [0.5, 0.6) is 0 Å². The summed E-state index contributed by atoms with van der Waals surface area (Å²) in [5.74, 6) is -0.413. The Morgan fingerprint density at radius 3 is 2.59 bits per heavy atom. The van der Waals surface area contributed by atoms with Crippen LogP contribution in [0.3, 0.4) is 0 Å². The number of nitrogens with zero attached hydrogens (tertiary/aromatic N) is 3. The van der Waals surface area contributed by atoms with Crippen LogP contribution in [0, 0.1) is 0 Å². The number of carbonyl (C=O) groups is 2. The average Bonchev–Trinajstić information content (AvgIpc) is 3.52. The first kappa shape index (κ1) is 27.8. The van der Waals surface area contributed by atoms with Gasteiger partial charge in [0.1, 0.15) is 22.8 Å². The fourth-order valence-electron chi connectivity index (χ4n) is 4.54. The number of carbonyl (C=O) groups excluding carboxylic acids is 2. The van der Waals surface area contributed by atoms with Crippen molar-refractivity contribution in [2.45, 2.75) is 31.7 Å². The SMILES string of the molecule is CC1(F)CCN(C(=O)c2ccc(-c3cc(C(F)(F)F)c4oc(CNC(=O)C=Cc5ccc(N)nc5)cc4c3)nc2)C1. The number of furan rings is 1. The third kappa shape index (κ3) is 6.37. The van der Waals surface area contributed by atoms with Crippen molar-refractivity contribution in [3.8, 4) is 11.3 Å². The summed E-state index contributed by atoms with van der Waals surface area (Å²) in [6.45, 7) is 1.54. The van der Waals surface area contributed by atoms with Crippen molar-refractivity contribution in [2.24, 2.45) is 0 Å². The maximum Gasteiger partial charge on any atom is 0.420 e. The number of hydrogen-bond donors (Lipinski definition) is 2. The molecular formula is C29H25F4N5O3. The predicted octanol–water partition coefficient (Wildman–Crippen LogP) is 5.39. The number of hydrogen-bond acceptors (Lipinski definition) is 6. The molecule has 2 amide bonds. The van der Waals surface area contributed by atoms with Crippen LogP contribution in [-0.4, -0.2) is 45.4 Å². The summed E-state index contributed by atoms with van der Waals surface area (Å²) in [5.41, 5.74) is 3.94. The topological polar surface area (TPSA) is 114 Å². The molecule has 212 valence electrons. The molecule has 12 heteroatoms. The van der Waals surface area contributed by atoms with Gasteiger partial charge < -0.3 is 20.4 Å². The van der Waals surface area contributed by atoms with Gasteiger partial charge in [0.15, 0.2) is 0 Å². The lowest BCUT2D eigenvalue weighted by molar-refractivity contribution is -0.136. The number of rotatable bonds is 6. The van der Waals surface area contributed by atoms with Crippen LogP contribution in [0.15, 0.2) is 65.4 Å². The summed E-state index contributed by atoms with van der Waals surface area (Å²) >= 11 is 0. The highest BCUT2D eigenvalue weighted by Gasteiger charge is 2.37. The maximum atomic E-state index is 14.1. The molecule has 0 bridgehead atoms. The summed E-state index contributed by atoms with van der Waals surface area (Å²) in [7, 11) is 0. The van der Waals surface area contributed by atoms with Gasteiger partial charge in [-0.1, -0.05) is 0 Å². The van der Waals surface area contributed by atoms with E-state index in [1.54, 1.807) is 12.1 Å². The molecule has 1 saturated heterocycles. The lowest BCUT2D eigenvalue weighted by atomic mass is 10.0. The zero-order valence-electron chi connectivity index (χ0n) is 21.8. The van der Waals surface area contributed by atoms with Crippen molar-refractivity contribution in [1.29, 1.82) is 0 Å². The zero-order valence-corrected chi connectivity index (χ0v) is 21.8. The van der Waals surface area contributed by atoms with Crippen LogP contribution >= 0.6 is 0 Å². The van der Waals surface area contributed by atoms with Crippen molar-refractivity contribution in [2.75, 3.05) is 18.8 Å². The molecule has 8 nitrogen and oxygen atoms in total. The van der Waals surface area contributed by atoms with E-state index in [1.807, 2.05) is 0 Å². The lowest BCUT2D eigenvalue weighted by Crippen LogP contribution is -2.31. The first-order valence-electron chi connectivity index (χ1n) is 12.6. The molecule has 41 heavy (non-hydrogen) atoms. The summed E-state index contributed by atoms with van der Waals surface area (Å²) in [6.07, 6.45) is 1.04. The Morgan fingerprint density at radius 1 is 1.15 bits per heavy atom. The summed E-state index contributed by atoms with van der Waals surface area (Å²) in [5, 5.41) is 2.74. The fourth-order valence-corrected chi connectivity index (χ4v) is 4.54. The van der Waals surface area contributed by atoms with Gasteiger partial charge >= 0.3 is 6.18 Å². The lowest BCUT2D eigenvalue weighted by Gasteiger charge is -2.17. The van der Waals surface area contributed by atoms with Crippen LogP contribution in [0.4, 0.5) is 23.4 Å². The molecule has 3 N–H and O–H groups in total. The molecule has 1 aliphatic heterocycles. The van der Waals surface area contributed by atoms with E-state index in [0.29, 0.717) is 11.4 Å². The molecule has 4 heterocycles. The predicted molar refractivity (Wildman–Crippen MR) is 144 cm³/mol. The summed E-state index contributed by atoms with van der Waals surface area (Å²) in [6, 6.07) is 10.0. The minimum atomic E-state index is -4.73. The normalized spacial score (nSPS) is 17.4. The van der Waals surface area contributed by atoms with E-state index in [0.717, 1.165) is 6.07 Å². The maximum absolute atomic E-state index is 14.1. The Bertz CT molecular complexity index is 1630. The largest absolute Gasteiger partial charge is 0.459 e. The number of alkyl halides is 4. The molecule has 4 aromatic rings. The van der Waals surface area contributed by atoms with Crippen molar-refractivity contribution in [1.82, 2.24) is 20.2 Å². The number of nitrogens with two attached hydrogens (primary N) is 1. The quantitative estimate of drug-likeness (QED) is 0.238. The monoisotopic (exact) mass is 567 g/mol. The van der Waals surface area contributed by atoms with Gasteiger partial charge in [0.25, 0.3) is 5.91 Å². The molecule has 0 aliphatic carbocycles. The Hall–Kier alpha value is -4.74. The minimum Gasteiger partial charge on any atom is -0.459 e. The number of fused-ring (bicyclic) bond motifs is 1. The average molecular weight is 568 g/mol. The number of anilines is 1. The number of amides is 2. The first-order valence-corrected chi connectivity index (χ1v) is 12.6. The first-order chi connectivity index (χ1) is 19.4. The number of benzene rings is 1. The highest BCUT2D eigenvalue weighted by molar-refractivity contribution is 5.95. The van der Waals surface area contributed by atoms with Crippen LogP contribution in [-0.2, 0) is 17.5 Å². The van der Waals surface area contributed by atoms with E-state index >= 15 is 0 Å². The van der Waals surface area contributed by atoms with Crippen LogP contribution < -0.4 is 11.1 Å². The van der Waals surface area contributed by atoms with E-state index in [1.165, 1.54) is 60.6 Å². The third-order valence-electron chi connectivity index (χ3n) is 6.66. The smallest absolute Gasteiger partial charge is 0.420 e. The molecule has 1 atom stereocenters. The van der Waals surface area contributed by atoms with Gasteiger partial charge in [-0.15, -0.1) is 0 Å². The Morgan fingerprint density at radius 2 is 1.95 bits per heavy atom. The van der Waals surface area contributed by atoms with E-state index in [2.05, 4.69) is 15.3 Å². The Balaban J connectivity index is 1.34. The number of aromatic nitrogens is 2. The number of likely N-dealkylation sites (tertiary alicyclic amines) is 1. The van der Waals surface area contributed by atoms with Gasteiger partial charge in [0.05, 0.1) is 29.9 Å². The van der Waals surface area contributed by atoms with Crippen LogP contribution in [0.1, 0.15) is 40.6 Å². The Labute approximate surface area is 231 Å². The van der Waals surface area contributed by atoms with Crippen LogP contribution in [0.25, 0.3) is 28.3 Å². The second-order valence-electron chi connectivity index (χ2n) is 10.0. The number of nitrogen functional groups attached to an aromatic ring is 1. The highest BCUT2D eigenvalue weighted by atomic mass is 19.4. The van der Waals surface area contributed by atoms with Crippen LogP contribution in [0.2, 0.25) is 0 Å². The van der Waals surface area contributed by atoms with Crippen molar-refractivity contribution in [3.05, 3.63) is 83.4 Å². The van der Waals surface area contributed by atoms with Crippen molar-refractivity contribution >= 4 is 34.7 Å². The molecule has 0 radical (unpaired) electrons. The Kier molecular flexibility index (Phi) is 7.24. The second-order valence-corrected chi connectivity index (χ2v) is 10.0. The standard InChI is InChI=1S/C29H25F4N5O3/c1-28(30)8-9-38(16-28)27(40)18-4-5-23(35-14-18)19-10-20-11-21(41-26(20)22(12-19)29(31,32)33)15-37-25(39)7-3-17-2-6-24(34)36-13-17/h2-7,10-14H,8-9,15-16H2,1H3,(H2,34,36)(H,37,39). The molecule has 0 spiro atoms. The van der Waals surface area contributed by atoms with Gasteiger partial charge in [0, 0.05) is 42.4 Å². The molecule has 1 aromatic carbocycles. The van der Waals surface area contributed by atoms with E-state index < -0.39 is 29.2 Å². The number of halogens is 4. The molecule has 3 aromatic heterocycles. The highest BCUT2D eigenvalue weighted by Crippen LogP contribution is 2.39. The van der Waals surface area contributed by atoms with Gasteiger partial charge in [0.2, 0.25) is 5.91 Å². The van der Waals surface area contributed by atoms with Crippen molar-refractivity contribution < 1.29 is 31.6 Å². The van der Waals surface area contributed by atoms with Gasteiger partial charge in [-0.3, -0.25) is 14.6 Å². The third-order valence-corrected chi connectivity index (χ3v) is 6.66. The van der Waals surface area contributed by atoms with E-state index in [9.17, 15) is 27.2 Å². The molecular weight excluding hydrogens is 542 g/mol. The fraction of sp³-hybridized carbons (Fsp3) is 0.241. The molecule has 1 fully saturated rings. The molecule has 1 unspecified atom stereocenters. The molecule has 1 aliphatic rings. The minimum absolute atomic E-state index is 0.0289. The number of nitrogens with one attached hydrogen (secondary N) is 1. The van der Waals surface area contributed by atoms with Crippen molar-refractivity contribution in [3.63, 3.8) is 0 Å². The number of pyridine rings is 2. The molecule has 5 rings (SSSR count). The summed E-state index contributed by atoms with van der Waals surface area (Å²) < 4.78 is 61.6. The van der Waals surface area contributed by atoms with Gasteiger partial charge in [-0.05, 0) is 61.0 Å². The van der Waals surface area contributed by atoms with Gasteiger partial charge in [-0.2, -0.15) is 13.2 Å². The zero-order chi connectivity index (χ0) is 29.4. The molecule has 0 saturated carbocycles.